The second kappa shape index (κ2) is 10.1. The highest BCUT2D eigenvalue weighted by Crippen LogP contribution is 2.33. The van der Waals surface area contributed by atoms with Crippen LogP contribution in [0.1, 0.15) is 31.5 Å². The zero-order valence-electron chi connectivity index (χ0n) is 18.6. The lowest BCUT2D eigenvalue weighted by atomic mass is 10.2. The van der Waals surface area contributed by atoms with Crippen LogP contribution in [0.15, 0.2) is 24.3 Å². The van der Waals surface area contributed by atoms with Gasteiger partial charge in [-0.2, -0.15) is 5.10 Å². The molecule has 2 amide bonds. The Morgan fingerprint density at radius 2 is 1.81 bits per heavy atom. The Labute approximate surface area is 187 Å². The number of benzene rings is 1. The molecule has 0 spiro atoms. The maximum absolute atomic E-state index is 12.6. The molecule has 0 unspecified atom stereocenters. The van der Waals surface area contributed by atoms with Gasteiger partial charge in [-0.3, -0.25) is 9.59 Å². The van der Waals surface area contributed by atoms with Crippen molar-refractivity contribution >= 4 is 27.5 Å². The summed E-state index contributed by atoms with van der Waals surface area (Å²) >= 11 is 0. The number of hydrogen-bond donors (Lipinski definition) is 2. The SMILES string of the molecule is CCN(CC)CCCNC(=O)C(=O)Nc1c2c(nn1-c1ccc(OC)cc1)CS(=O)(=O)C2. The molecule has 0 saturated heterocycles. The van der Waals surface area contributed by atoms with Crippen LogP contribution < -0.4 is 15.4 Å². The van der Waals surface area contributed by atoms with Gasteiger partial charge in [-0.05, 0) is 50.3 Å². The van der Waals surface area contributed by atoms with E-state index in [1.165, 1.54) is 4.68 Å². The van der Waals surface area contributed by atoms with Crippen molar-refractivity contribution < 1.29 is 22.7 Å². The summed E-state index contributed by atoms with van der Waals surface area (Å²) in [6, 6.07) is 6.93. The van der Waals surface area contributed by atoms with E-state index in [1.54, 1.807) is 31.4 Å². The van der Waals surface area contributed by atoms with Gasteiger partial charge in [0.15, 0.2) is 9.84 Å². The molecule has 0 bridgehead atoms. The zero-order valence-corrected chi connectivity index (χ0v) is 19.4. The number of aromatic nitrogens is 2. The summed E-state index contributed by atoms with van der Waals surface area (Å²) < 4.78 is 30.7. The first-order valence-corrected chi connectivity index (χ1v) is 12.4. The molecule has 10 nitrogen and oxygen atoms in total. The molecule has 11 heteroatoms. The number of carbonyl (C=O) groups is 2. The third-order valence-corrected chi connectivity index (χ3v) is 6.82. The molecule has 174 valence electrons. The predicted molar refractivity (Wildman–Crippen MR) is 120 cm³/mol. The number of hydrogen-bond acceptors (Lipinski definition) is 7. The maximum Gasteiger partial charge on any atom is 0.314 e. The molecule has 3 rings (SSSR count). The van der Waals surface area contributed by atoms with E-state index >= 15 is 0 Å². The number of sulfone groups is 1. The van der Waals surface area contributed by atoms with Gasteiger partial charge in [-0.25, -0.2) is 13.1 Å². The second-order valence-corrected chi connectivity index (χ2v) is 9.57. The number of nitrogens with one attached hydrogen (secondary N) is 2. The number of rotatable bonds is 9. The Balaban J connectivity index is 1.74. The Hall–Kier alpha value is -2.92. The average Bonchev–Trinajstić information content (AvgIpc) is 3.25. The van der Waals surface area contributed by atoms with Gasteiger partial charge in [0.05, 0.1) is 30.0 Å². The van der Waals surface area contributed by atoms with Gasteiger partial charge >= 0.3 is 11.8 Å². The fraction of sp³-hybridized carbons (Fsp3) is 0.476. The lowest BCUT2D eigenvalue weighted by Crippen LogP contribution is -2.37. The monoisotopic (exact) mass is 463 g/mol. The molecule has 0 saturated carbocycles. The maximum atomic E-state index is 12.6. The van der Waals surface area contributed by atoms with Crippen LogP contribution >= 0.6 is 0 Å². The minimum absolute atomic E-state index is 0.189. The molecule has 0 fully saturated rings. The van der Waals surface area contributed by atoms with E-state index < -0.39 is 21.7 Å². The fourth-order valence-electron chi connectivity index (χ4n) is 3.57. The first-order valence-electron chi connectivity index (χ1n) is 10.5. The van der Waals surface area contributed by atoms with Crippen LogP contribution in [0.5, 0.6) is 5.75 Å². The predicted octanol–water partition coefficient (Wildman–Crippen LogP) is 1.10. The van der Waals surface area contributed by atoms with Crippen LogP contribution in [-0.4, -0.2) is 68.2 Å². The van der Waals surface area contributed by atoms with Crippen molar-refractivity contribution in [2.75, 3.05) is 38.6 Å². The van der Waals surface area contributed by atoms with Crippen LogP contribution in [0.2, 0.25) is 0 Å². The molecule has 1 aliphatic heterocycles. The summed E-state index contributed by atoms with van der Waals surface area (Å²) in [5, 5.41) is 9.57. The van der Waals surface area contributed by atoms with Gasteiger partial charge in [0.25, 0.3) is 0 Å². The van der Waals surface area contributed by atoms with Crippen LogP contribution in [0.4, 0.5) is 5.82 Å². The van der Waals surface area contributed by atoms with Gasteiger partial charge in [0, 0.05) is 12.1 Å². The number of anilines is 1. The van der Waals surface area contributed by atoms with E-state index in [2.05, 4.69) is 34.5 Å². The quantitative estimate of drug-likeness (QED) is 0.422. The van der Waals surface area contributed by atoms with Gasteiger partial charge in [0.1, 0.15) is 11.6 Å². The van der Waals surface area contributed by atoms with Crippen LogP contribution in [0.3, 0.4) is 0 Å². The zero-order chi connectivity index (χ0) is 23.3. The van der Waals surface area contributed by atoms with Crippen molar-refractivity contribution in [1.82, 2.24) is 20.0 Å². The number of fused-ring (bicyclic) bond motifs is 1. The largest absolute Gasteiger partial charge is 0.497 e. The molecular weight excluding hydrogens is 434 g/mol. The highest BCUT2D eigenvalue weighted by Gasteiger charge is 2.33. The van der Waals surface area contributed by atoms with E-state index in [9.17, 15) is 18.0 Å². The first-order chi connectivity index (χ1) is 15.3. The molecule has 2 heterocycles. The third-order valence-electron chi connectivity index (χ3n) is 5.37. The summed E-state index contributed by atoms with van der Waals surface area (Å²) in [5.41, 5.74) is 1.38. The van der Waals surface area contributed by atoms with Gasteiger partial charge < -0.3 is 20.3 Å². The van der Waals surface area contributed by atoms with Crippen LogP contribution in [0.25, 0.3) is 5.69 Å². The topological polar surface area (TPSA) is 123 Å². The molecular formula is C21H29N5O5S. The highest BCUT2D eigenvalue weighted by molar-refractivity contribution is 7.90. The summed E-state index contributed by atoms with van der Waals surface area (Å²) in [6.07, 6.45) is 0.720. The molecule has 2 N–H and O–H groups in total. The number of nitrogens with zero attached hydrogens (tertiary/aromatic N) is 3. The second-order valence-electron chi connectivity index (χ2n) is 7.51. The lowest BCUT2D eigenvalue weighted by Gasteiger charge is -2.17. The summed E-state index contributed by atoms with van der Waals surface area (Å²) in [7, 11) is -1.78. The molecule has 0 atom stereocenters. The molecule has 1 aliphatic rings. The Bertz CT molecular complexity index is 1070. The highest BCUT2D eigenvalue weighted by atomic mass is 32.2. The molecule has 2 aromatic rings. The minimum atomic E-state index is -3.33. The van der Waals surface area contributed by atoms with Crippen LogP contribution in [-0.2, 0) is 30.9 Å². The Morgan fingerprint density at radius 1 is 1.12 bits per heavy atom. The number of methoxy groups -OCH3 is 1. The van der Waals surface area contributed by atoms with Crippen molar-refractivity contribution in [2.24, 2.45) is 0 Å². The van der Waals surface area contributed by atoms with Gasteiger partial charge in [0.2, 0.25) is 0 Å². The molecule has 1 aromatic carbocycles. The van der Waals surface area contributed by atoms with E-state index in [1.807, 2.05) is 0 Å². The average molecular weight is 464 g/mol. The Kier molecular flexibility index (Phi) is 7.52. The molecule has 32 heavy (non-hydrogen) atoms. The fourth-order valence-corrected chi connectivity index (χ4v) is 5.06. The number of ether oxygens (including phenoxy) is 1. The summed E-state index contributed by atoms with van der Waals surface area (Å²) in [4.78, 5) is 27.1. The van der Waals surface area contributed by atoms with Crippen molar-refractivity contribution in [3.05, 3.63) is 35.5 Å². The molecule has 1 aromatic heterocycles. The Morgan fingerprint density at radius 3 is 2.44 bits per heavy atom. The van der Waals surface area contributed by atoms with Crippen LogP contribution in [0, 0.1) is 0 Å². The molecule has 0 radical (unpaired) electrons. The van der Waals surface area contributed by atoms with E-state index in [4.69, 9.17) is 4.74 Å². The van der Waals surface area contributed by atoms with Crippen molar-refractivity contribution in [2.45, 2.75) is 31.8 Å². The third kappa shape index (κ3) is 5.46. The van der Waals surface area contributed by atoms with Crippen molar-refractivity contribution in [3.63, 3.8) is 0 Å². The summed E-state index contributed by atoms with van der Waals surface area (Å²) in [6.45, 7) is 7.18. The summed E-state index contributed by atoms with van der Waals surface area (Å²) in [5.74, 6) is -1.25. The number of carbonyl (C=O) groups excluding carboxylic acids is 2. The lowest BCUT2D eigenvalue weighted by molar-refractivity contribution is -0.136. The van der Waals surface area contributed by atoms with Gasteiger partial charge in [-0.15, -0.1) is 0 Å². The first kappa shape index (κ1) is 23.7. The minimum Gasteiger partial charge on any atom is -0.497 e. The number of amides is 2. The van der Waals surface area contributed by atoms with Crippen molar-refractivity contribution in [1.29, 1.82) is 0 Å². The van der Waals surface area contributed by atoms with E-state index in [0.29, 0.717) is 29.2 Å². The van der Waals surface area contributed by atoms with Crippen molar-refractivity contribution in [3.8, 4) is 11.4 Å². The standard InChI is InChI=1S/C21H29N5O5S/c1-4-25(5-2)12-6-11-22-20(27)21(28)23-19-17-13-32(29,30)14-18(17)24-26(19)15-7-9-16(31-3)10-8-15/h7-10H,4-6,11-14H2,1-3H3,(H,22,27)(H,23,28). The van der Waals surface area contributed by atoms with E-state index in [-0.39, 0.29) is 17.3 Å². The normalized spacial score (nSPS) is 14.2. The molecule has 0 aliphatic carbocycles. The smallest absolute Gasteiger partial charge is 0.314 e. The van der Waals surface area contributed by atoms with E-state index in [0.717, 1.165) is 26.1 Å². The van der Waals surface area contributed by atoms with Gasteiger partial charge in [-0.1, -0.05) is 13.8 Å².